The maximum Gasteiger partial charge on any atom is 0.191 e. The van der Waals surface area contributed by atoms with Crippen molar-refractivity contribution in [2.24, 2.45) is 4.99 Å². The van der Waals surface area contributed by atoms with Crippen molar-refractivity contribution in [1.29, 1.82) is 0 Å². The van der Waals surface area contributed by atoms with Gasteiger partial charge in [0.05, 0.1) is 12.7 Å². The van der Waals surface area contributed by atoms with E-state index in [0.29, 0.717) is 12.7 Å². The summed E-state index contributed by atoms with van der Waals surface area (Å²) in [5, 5.41) is 6.48. The minimum absolute atomic E-state index is 0.417. The van der Waals surface area contributed by atoms with Crippen LogP contribution in [0.2, 0.25) is 0 Å². The molecule has 1 aliphatic heterocycles. The highest BCUT2D eigenvalue weighted by Gasteiger charge is 2.14. The summed E-state index contributed by atoms with van der Waals surface area (Å²) in [5.74, 6) is 0.871. The van der Waals surface area contributed by atoms with Crippen LogP contribution in [0, 0.1) is 0 Å². The second-order valence-corrected chi connectivity index (χ2v) is 4.31. The number of guanidine groups is 1. The van der Waals surface area contributed by atoms with Gasteiger partial charge in [0.25, 0.3) is 0 Å². The molecular weight excluding hydrogens is 230 g/mol. The average Bonchev–Trinajstić information content (AvgIpc) is 2.87. The lowest BCUT2D eigenvalue weighted by molar-refractivity contribution is 0.106. The number of ether oxygens (including phenoxy) is 2. The van der Waals surface area contributed by atoms with Gasteiger partial charge in [0, 0.05) is 32.8 Å². The van der Waals surface area contributed by atoms with Crippen molar-refractivity contribution in [3.05, 3.63) is 0 Å². The molecule has 106 valence electrons. The molecule has 0 bridgehead atoms. The van der Waals surface area contributed by atoms with Crippen LogP contribution in [0.25, 0.3) is 0 Å². The predicted octanol–water partition coefficient (Wildman–Crippen LogP) is 1.15. The van der Waals surface area contributed by atoms with E-state index >= 15 is 0 Å². The monoisotopic (exact) mass is 257 g/mol. The fourth-order valence-electron chi connectivity index (χ4n) is 1.92. The quantitative estimate of drug-likeness (QED) is 0.389. The number of rotatable bonds is 8. The Balaban J connectivity index is 2.16. The molecule has 0 aromatic carbocycles. The van der Waals surface area contributed by atoms with Crippen molar-refractivity contribution in [1.82, 2.24) is 10.6 Å². The first-order valence-electron chi connectivity index (χ1n) is 7.08. The first kappa shape index (κ1) is 15.2. The highest BCUT2D eigenvalue weighted by molar-refractivity contribution is 5.79. The topological polar surface area (TPSA) is 54.9 Å². The minimum atomic E-state index is 0.417. The fourth-order valence-corrected chi connectivity index (χ4v) is 1.92. The van der Waals surface area contributed by atoms with Crippen LogP contribution >= 0.6 is 0 Å². The van der Waals surface area contributed by atoms with Gasteiger partial charge in [-0.25, -0.2) is 0 Å². The Hall–Kier alpha value is -0.810. The standard InChI is InChI=1S/C13H27N3O2/c1-3-14-13(16-9-11-17-4-2)15-8-7-12-6-5-10-18-12/h12H,3-11H2,1-2H3,(H2,14,15,16). The van der Waals surface area contributed by atoms with E-state index in [9.17, 15) is 0 Å². The largest absolute Gasteiger partial charge is 0.380 e. The van der Waals surface area contributed by atoms with Crippen LogP contribution in [0.4, 0.5) is 0 Å². The molecule has 1 fully saturated rings. The van der Waals surface area contributed by atoms with Crippen molar-refractivity contribution in [3.63, 3.8) is 0 Å². The van der Waals surface area contributed by atoms with E-state index in [1.807, 2.05) is 6.92 Å². The average molecular weight is 257 g/mol. The second-order valence-electron chi connectivity index (χ2n) is 4.31. The summed E-state index contributed by atoms with van der Waals surface area (Å²) in [6, 6.07) is 0. The van der Waals surface area contributed by atoms with Crippen LogP contribution in [0.1, 0.15) is 33.1 Å². The molecule has 2 N–H and O–H groups in total. The van der Waals surface area contributed by atoms with E-state index in [1.165, 1.54) is 12.8 Å². The molecule has 0 aliphatic carbocycles. The highest BCUT2D eigenvalue weighted by Crippen LogP contribution is 2.14. The maximum atomic E-state index is 5.58. The summed E-state index contributed by atoms with van der Waals surface area (Å²) in [7, 11) is 0. The minimum Gasteiger partial charge on any atom is -0.380 e. The van der Waals surface area contributed by atoms with Gasteiger partial charge in [-0.05, 0) is 33.1 Å². The van der Waals surface area contributed by atoms with Gasteiger partial charge in [-0.2, -0.15) is 0 Å². The molecule has 5 nitrogen and oxygen atoms in total. The lowest BCUT2D eigenvalue weighted by Crippen LogP contribution is -2.39. The number of aliphatic imine (C=N–C) groups is 1. The zero-order valence-corrected chi connectivity index (χ0v) is 11.7. The Labute approximate surface area is 110 Å². The molecule has 18 heavy (non-hydrogen) atoms. The second kappa shape index (κ2) is 10.1. The highest BCUT2D eigenvalue weighted by atomic mass is 16.5. The van der Waals surface area contributed by atoms with E-state index in [0.717, 1.165) is 45.2 Å². The van der Waals surface area contributed by atoms with Crippen LogP contribution in [0.15, 0.2) is 4.99 Å². The smallest absolute Gasteiger partial charge is 0.191 e. The Kier molecular flexibility index (Phi) is 8.59. The van der Waals surface area contributed by atoms with Crippen LogP contribution in [-0.2, 0) is 9.47 Å². The Bertz CT molecular complexity index is 228. The summed E-state index contributed by atoms with van der Waals surface area (Å²) in [4.78, 5) is 4.53. The molecule has 5 heteroatoms. The van der Waals surface area contributed by atoms with Crippen molar-refractivity contribution in [3.8, 4) is 0 Å². The van der Waals surface area contributed by atoms with E-state index in [2.05, 4.69) is 22.5 Å². The molecule has 0 aromatic heterocycles. The number of hydrogen-bond acceptors (Lipinski definition) is 3. The zero-order valence-electron chi connectivity index (χ0n) is 11.7. The van der Waals surface area contributed by atoms with Gasteiger partial charge in [-0.1, -0.05) is 0 Å². The molecule has 0 aromatic rings. The van der Waals surface area contributed by atoms with E-state index < -0.39 is 0 Å². The molecule has 1 atom stereocenters. The molecule has 0 radical (unpaired) electrons. The number of nitrogens with zero attached hydrogens (tertiary/aromatic N) is 1. The summed E-state index contributed by atoms with van der Waals surface area (Å²) in [6.45, 7) is 8.94. The van der Waals surface area contributed by atoms with E-state index in [-0.39, 0.29) is 0 Å². The third kappa shape index (κ3) is 6.81. The van der Waals surface area contributed by atoms with Gasteiger partial charge in [0.1, 0.15) is 0 Å². The SMILES string of the molecule is CCNC(=NCCC1CCCO1)NCCOCC. The maximum absolute atomic E-state index is 5.58. The summed E-state index contributed by atoms with van der Waals surface area (Å²) >= 11 is 0. The van der Waals surface area contributed by atoms with E-state index in [1.54, 1.807) is 0 Å². The van der Waals surface area contributed by atoms with Gasteiger partial charge in [0.2, 0.25) is 0 Å². The molecule has 1 unspecified atom stereocenters. The Morgan fingerprint density at radius 2 is 2.28 bits per heavy atom. The molecule has 1 rings (SSSR count). The van der Waals surface area contributed by atoms with Crippen LogP contribution in [0.3, 0.4) is 0 Å². The van der Waals surface area contributed by atoms with Gasteiger partial charge in [-0.15, -0.1) is 0 Å². The summed E-state index contributed by atoms with van der Waals surface area (Å²) in [6.07, 6.45) is 3.81. The number of nitrogens with one attached hydrogen (secondary N) is 2. The Morgan fingerprint density at radius 1 is 1.39 bits per heavy atom. The third-order valence-electron chi connectivity index (χ3n) is 2.83. The van der Waals surface area contributed by atoms with Gasteiger partial charge < -0.3 is 20.1 Å². The lowest BCUT2D eigenvalue weighted by atomic mass is 10.2. The van der Waals surface area contributed by atoms with Crippen molar-refractivity contribution in [2.45, 2.75) is 39.2 Å². The molecule has 1 aliphatic rings. The number of hydrogen-bond donors (Lipinski definition) is 2. The van der Waals surface area contributed by atoms with Crippen LogP contribution in [-0.4, -0.2) is 51.5 Å². The van der Waals surface area contributed by atoms with Gasteiger partial charge in [0.15, 0.2) is 5.96 Å². The summed E-state index contributed by atoms with van der Waals surface area (Å²) < 4.78 is 10.9. The zero-order chi connectivity index (χ0) is 13.1. The van der Waals surface area contributed by atoms with Gasteiger partial charge >= 0.3 is 0 Å². The molecule has 1 saturated heterocycles. The van der Waals surface area contributed by atoms with Gasteiger partial charge in [-0.3, -0.25) is 4.99 Å². The molecular formula is C13H27N3O2. The Morgan fingerprint density at radius 3 is 2.94 bits per heavy atom. The molecule has 0 saturated carbocycles. The van der Waals surface area contributed by atoms with Crippen LogP contribution in [0.5, 0.6) is 0 Å². The van der Waals surface area contributed by atoms with Crippen molar-refractivity contribution < 1.29 is 9.47 Å². The van der Waals surface area contributed by atoms with E-state index in [4.69, 9.17) is 9.47 Å². The van der Waals surface area contributed by atoms with Crippen molar-refractivity contribution >= 4 is 5.96 Å². The molecule has 1 heterocycles. The predicted molar refractivity (Wildman–Crippen MR) is 74.1 cm³/mol. The molecule has 0 spiro atoms. The summed E-state index contributed by atoms with van der Waals surface area (Å²) in [5.41, 5.74) is 0. The lowest BCUT2D eigenvalue weighted by Gasteiger charge is -2.12. The van der Waals surface area contributed by atoms with Crippen LogP contribution < -0.4 is 10.6 Å². The normalized spacial score (nSPS) is 20.1. The van der Waals surface area contributed by atoms with Crippen molar-refractivity contribution in [2.75, 3.05) is 39.5 Å². The third-order valence-corrected chi connectivity index (χ3v) is 2.83. The first-order valence-corrected chi connectivity index (χ1v) is 7.08. The first-order chi connectivity index (χ1) is 8.86. The fraction of sp³-hybridized carbons (Fsp3) is 0.923. The molecule has 0 amide bonds.